The van der Waals surface area contributed by atoms with Gasteiger partial charge in [-0.2, -0.15) is 5.26 Å². The molecule has 72 valence electrons. The molecule has 1 aliphatic carbocycles. The fraction of sp³-hybridized carbons (Fsp3) is 0.364. The van der Waals surface area contributed by atoms with Crippen LogP contribution < -0.4 is 5.73 Å². The summed E-state index contributed by atoms with van der Waals surface area (Å²) in [5, 5.41) is 8.77. The number of nitriles is 1. The van der Waals surface area contributed by atoms with Crippen molar-refractivity contribution in [3.63, 3.8) is 0 Å². The molecule has 1 aromatic rings. The Morgan fingerprint density at radius 3 is 2.79 bits per heavy atom. The van der Waals surface area contributed by atoms with Crippen molar-refractivity contribution in [2.45, 2.75) is 24.8 Å². The van der Waals surface area contributed by atoms with E-state index in [4.69, 9.17) is 11.0 Å². The van der Waals surface area contributed by atoms with Gasteiger partial charge in [0, 0.05) is 10.0 Å². The van der Waals surface area contributed by atoms with E-state index in [2.05, 4.69) is 22.0 Å². The van der Waals surface area contributed by atoms with Gasteiger partial charge in [0.05, 0.1) is 11.6 Å². The maximum Gasteiger partial charge on any atom is 0.0991 e. The molecule has 2 rings (SSSR count). The van der Waals surface area contributed by atoms with Crippen LogP contribution in [0.25, 0.3) is 0 Å². The lowest BCUT2D eigenvalue weighted by Gasteiger charge is -2.10. The van der Waals surface area contributed by atoms with Gasteiger partial charge in [0.15, 0.2) is 0 Å². The van der Waals surface area contributed by atoms with E-state index in [1.54, 1.807) is 0 Å². The van der Waals surface area contributed by atoms with Crippen molar-refractivity contribution in [1.82, 2.24) is 0 Å². The van der Waals surface area contributed by atoms with E-state index in [9.17, 15) is 0 Å². The monoisotopic (exact) mass is 250 g/mol. The summed E-state index contributed by atoms with van der Waals surface area (Å²) in [4.78, 5) is 0. The van der Waals surface area contributed by atoms with Gasteiger partial charge >= 0.3 is 0 Å². The molecule has 1 fully saturated rings. The van der Waals surface area contributed by atoms with E-state index >= 15 is 0 Å². The summed E-state index contributed by atoms with van der Waals surface area (Å²) in [7, 11) is 0. The highest BCUT2D eigenvalue weighted by molar-refractivity contribution is 9.10. The first-order chi connectivity index (χ1) is 6.63. The molecule has 0 unspecified atom stereocenters. The van der Waals surface area contributed by atoms with Gasteiger partial charge in [0.25, 0.3) is 0 Å². The van der Waals surface area contributed by atoms with Crippen LogP contribution in [0.15, 0.2) is 22.7 Å². The van der Waals surface area contributed by atoms with Crippen LogP contribution in [0.1, 0.15) is 24.0 Å². The van der Waals surface area contributed by atoms with E-state index in [-0.39, 0.29) is 5.54 Å². The summed E-state index contributed by atoms with van der Waals surface area (Å²) in [6, 6.07) is 7.78. The fourth-order valence-electron chi connectivity index (χ4n) is 1.50. The summed E-state index contributed by atoms with van der Waals surface area (Å²) >= 11 is 3.48. The van der Waals surface area contributed by atoms with Crippen LogP contribution in [0, 0.1) is 11.3 Å². The Labute approximate surface area is 91.9 Å². The predicted molar refractivity (Wildman–Crippen MR) is 58.7 cm³/mol. The summed E-state index contributed by atoms with van der Waals surface area (Å²) in [6.07, 6.45) is 3.05. The Morgan fingerprint density at radius 1 is 1.50 bits per heavy atom. The standard InChI is InChI=1S/C11H11BrN2/c12-10-2-1-8(7-13)5-9(10)6-11(14)3-4-11/h1-2,5H,3-4,6,14H2. The van der Waals surface area contributed by atoms with Crippen LogP contribution in [0.5, 0.6) is 0 Å². The minimum absolute atomic E-state index is 0.00337. The van der Waals surface area contributed by atoms with Crippen LogP contribution in [0.4, 0.5) is 0 Å². The number of nitrogens with two attached hydrogens (primary N) is 1. The van der Waals surface area contributed by atoms with E-state index < -0.39 is 0 Å². The first-order valence-electron chi connectivity index (χ1n) is 4.60. The van der Waals surface area contributed by atoms with Crippen LogP contribution >= 0.6 is 15.9 Å². The molecule has 0 bridgehead atoms. The Balaban J connectivity index is 2.27. The zero-order valence-electron chi connectivity index (χ0n) is 7.76. The largest absolute Gasteiger partial charge is 0.325 e. The Hall–Kier alpha value is -0.850. The van der Waals surface area contributed by atoms with Gasteiger partial charge in [-0.25, -0.2) is 0 Å². The maximum atomic E-state index is 8.77. The van der Waals surface area contributed by atoms with Crippen molar-refractivity contribution < 1.29 is 0 Å². The second-order valence-corrected chi connectivity index (χ2v) is 4.81. The maximum absolute atomic E-state index is 8.77. The Kier molecular flexibility index (Phi) is 2.34. The second-order valence-electron chi connectivity index (χ2n) is 3.96. The molecule has 14 heavy (non-hydrogen) atoms. The number of benzene rings is 1. The van der Waals surface area contributed by atoms with Crippen LogP contribution in [-0.2, 0) is 6.42 Å². The third-order valence-electron chi connectivity index (χ3n) is 2.61. The molecule has 0 radical (unpaired) electrons. The van der Waals surface area contributed by atoms with Gasteiger partial charge in [-0.05, 0) is 43.0 Å². The fourth-order valence-corrected chi connectivity index (χ4v) is 1.88. The van der Waals surface area contributed by atoms with Crippen molar-refractivity contribution in [1.29, 1.82) is 5.26 Å². The number of nitrogens with zero attached hydrogens (tertiary/aromatic N) is 1. The van der Waals surface area contributed by atoms with Crippen molar-refractivity contribution in [2.24, 2.45) is 5.73 Å². The zero-order chi connectivity index (χ0) is 10.2. The van der Waals surface area contributed by atoms with Crippen molar-refractivity contribution in [3.05, 3.63) is 33.8 Å². The van der Waals surface area contributed by atoms with Gasteiger partial charge in [0.2, 0.25) is 0 Å². The number of halogens is 1. The quantitative estimate of drug-likeness (QED) is 0.877. The molecule has 0 saturated heterocycles. The van der Waals surface area contributed by atoms with Crippen molar-refractivity contribution in [3.8, 4) is 6.07 Å². The number of hydrogen-bond donors (Lipinski definition) is 1. The van der Waals surface area contributed by atoms with E-state index in [1.165, 1.54) is 0 Å². The highest BCUT2D eigenvalue weighted by Gasteiger charge is 2.38. The molecule has 1 aliphatic rings. The summed E-state index contributed by atoms with van der Waals surface area (Å²) in [5.74, 6) is 0. The first-order valence-corrected chi connectivity index (χ1v) is 5.40. The molecule has 0 aromatic heterocycles. The van der Waals surface area contributed by atoms with Gasteiger partial charge in [-0.15, -0.1) is 0 Å². The van der Waals surface area contributed by atoms with Crippen LogP contribution in [0.2, 0.25) is 0 Å². The minimum atomic E-state index is -0.00337. The average molecular weight is 251 g/mol. The smallest absolute Gasteiger partial charge is 0.0991 e. The Bertz CT molecular complexity index is 402. The van der Waals surface area contributed by atoms with Crippen LogP contribution in [-0.4, -0.2) is 5.54 Å². The molecule has 0 heterocycles. The predicted octanol–water partition coefficient (Wildman–Crippen LogP) is 2.35. The lowest BCUT2D eigenvalue weighted by atomic mass is 10.0. The Morgan fingerprint density at radius 2 is 2.21 bits per heavy atom. The first kappa shape index (κ1) is 9.70. The van der Waals surface area contributed by atoms with Crippen molar-refractivity contribution in [2.75, 3.05) is 0 Å². The average Bonchev–Trinajstić information content (AvgIpc) is 2.88. The molecular weight excluding hydrogens is 240 g/mol. The topological polar surface area (TPSA) is 49.8 Å². The lowest BCUT2D eigenvalue weighted by Crippen LogP contribution is -2.24. The second kappa shape index (κ2) is 3.38. The normalized spacial score (nSPS) is 17.5. The molecule has 2 N–H and O–H groups in total. The summed E-state index contributed by atoms with van der Waals surface area (Å²) in [5.41, 5.74) is 7.88. The van der Waals surface area contributed by atoms with Gasteiger partial charge in [0.1, 0.15) is 0 Å². The molecule has 3 heteroatoms. The highest BCUT2D eigenvalue weighted by atomic mass is 79.9. The number of rotatable bonds is 2. The van der Waals surface area contributed by atoms with Gasteiger partial charge in [-0.1, -0.05) is 15.9 Å². The molecule has 2 nitrogen and oxygen atoms in total. The minimum Gasteiger partial charge on any atom is -0.325 e. The molecule has 0 atom stereocenters. The van der Waals surface area contributed by atoms with Gasteiger partial charge in [-0.3, -0.25) is 0 Å². The van der Waals surface area contributed by atoms with Crippen LogP contribution in [0.3, 0.4) is 0 Å². The van der Waals surface area contributed by atoms with Gasteiger partial charge < -0.3 is 5.73 Å². The zero-order valence-corrected chi connectivity index (χ0v) is 9.34. The van der Waals surface area contributed by atoms with E-state index in [0.29, 0.717) is 5.56 Å². The lowest BCUT2D eigenvalue weighted by molar-refractivity contribution is 0.670. The molecule has 0 aliphatic heterocycles. The molecule has 0 spiro atoms. The van der Waals surface area contributed by atoms with E-state index in [1.807, 2.05) is 18.2 Å². The third-order valence-corrected chi connectivity index (χ3v) is 3.38. The third kappa shape index (κ3) is 1.97. The summed E-state index contributed by atoms with van der Waals surface area (Å²) in [6.45, 7) is 0. The molecule has 0 amide bonds. The highest BCUT2D eigenvalue weighted by Crippen LogP contribution is 2.37. The molecule has 1 aromatic carbocycles. The van der Waals surface area contributed by atoms with E-state index in [0.717, 1.165) is 29.3 Å². The molecule has 1 saturated carbocycles. The summed E-state index contributed by atoms with van der Waals surface area (Å²) < 4.78 is 1.05. The number of hydrogen-bond acceptors (Lipinski definition) is 2. The molecular formula is C11H11BrN2. The SMILES string of the molecule is N#Cc1ccc(Br)c(CC2(N)CC2)c1. The van der Waals surface area contributed by atoms with Crippen molar-refractivity contribution >= 4 is 15.9 Å².